The van der Waals surface area contributed by atoms with Gasteiger partial charge in [0.25, 0.3) is 0 Å². The van der Waals surface area contributed by atoms with Gasteiger partial charge in [-0.1, -0.05) is 0 Å². The number of rotatable bonds is 17. The van der Waals surface area contributed by atoms with Crippen molar-refractivity contribution in [2.45, 2.75) is 36.5 Å². The van der Waals surface area contributed by atoms with E-state index in [0.29, 0.717) is 26.4 Å². The van der Waals surface area contributed by atoms with E-state index in [-0.39, 0.29) is 50.8 Å². The lowest BCUT2D eigenvalue weighted by atomic mass is 9.82. The highest BCUT2D eigenvalue weighted by Gasteiger charge is 2.57. The van der Waals surface area contributed by atoms with E-state index in [2.05, 4.69) is 0 Å². The number of epoxide rings is 4. The molecule has 5 unspecified atom stereocenters. The van der Waals surface area contributed by atoms with Gasteiger partial charge in [-0.25, -0.2) is 0 Å². The van der Waals surface area contributed by atoms with E-state index in [1.54, 1.807) is 0 Å². The molecule has 11 heteroatoms. The minimum Gasteiger partial charge on any atom is -0.396 e. The molecule has 0 aromatic heterocycles. The monoisotopic (exact) mass is 422 g/mol. The first-order valence-electron chi connectivity index (χ1n) is 9.95. The van der Waals surface area contributed by atoms with Crippen molar-refractivity contribution in [2.75, 3.05) is 72.7 Å². The maximum atomic E-state index is 10.1. The average Bonchev–Trinajstić information content (AvgIpc) is 3.60. The number of aliphatic hydroxyl groups is 3. The van der Waals surface area contributed by atoms with E-state index in [9.17, 15) is 15.3 Å². The Morgan fingerprint density at radius 2 is 1.00 bits per heavy atom. The van der Waals surface area contributed by atoms with Crippen molar-refractivity contribution in [1.82, 2.24) is 0 Å². The minimum absolute atomic E-state index is 0.102. The summed E-state index contributed by atoms with van der Waals surface area (Å²) in [6.45, 7) is 1.15. The Bertz CT molecular complexity index is 463. The first-order valence-corrected chi connectivity index (χ1v) is 9.95. The second-order valence-electron chi connectivity index (χ2n) is 7.91. The van der Waals surface area contributed by atoms with Gasteiger partial charge in [-0.05, 0) is 0 Å². The molecule has 4 fully saturated rings. The van der Waals surface area contributed by atoms with Crippen molar-refractivity contribution >= 4 is 0 Å². The molecule has 0 spiro atoms. The van der Waals surface area contributed by atoms with Gasteiger partial charge >= 0.3 is 5.97 Å². The molecule has 11 nitrogen and oxygen atoms in total. The average molecular weight is 422 g/mol. The van der Waals surface area contributed by atoms with Crippen LogP contribution in [0.5, 0.6) is 0 Å². The van der Waals surface area contributed by atoms with Gasteiger partial charge < -0.3 is 53.2 Å². The van der Waals surface area contributed by atoms with E-state index >= 15 is 0 Å². The van der Waals surface area contributed by atoms with E-state index in [1.165, 1.54) is 0 Å². The first-order chi connectivity index (χ1) is 14.1. The topological polar surface area (TPSA) is 148 Å². The molecular formula is C18H30O11. The van der Waals surface area contributed by atoms with Gasteiger partial charge in [-0.3, -0.25) is 0 Å². The smallest absolute Gasteiger partial charge is 0.311 e. The largest absolute Gasteiger partial charge is 0.396 e. The molecule has 168 valence electrons. The van der Waals surface area contributed by atoms with E-state index in [1.807, 2.05) is 0 Å². The Balaban J connectivity index is 1.59. The normalized spacial score (nSPS) is 33.2. The molecule has 4 aliphatic rings. The number of hydrogen-bond acceptors (Lipinski definition) is 11. The second-order valence-corrected chi connectivity index (χ2v) is 7.91. The van der Waals surface area contributed by atoms with E-state index in [4.69, 9.17) is 37.9 Å². The maximum Gasteiger partial charge on any atom is 0.311 e. The van der Waals surface area contributed by atoms with Gasteiger partial charge in [0.05, 0.1) is 78.1 Å². The lowest BCUT2D eigenvalue weighted by Gasteiger charge is -2.46. The lowest BCUT2D eigenvalue weighted by molar-refractivity contribution is -0.436. The van der Waals surface area contributed by atoms with Crippen LogP contribution in [-0.4, -0.2) is 124 Å². The van der Waals surface area contributed by atoms with Crippen molar-refractivity contribution in [3.8, 4) is 0 Å². The molecule has 5 atom stereocenters. The Morgan fingerprint density at radius 3 is 1.31 bits per heavy atom. The van der Waals surface area contributed by atoms with Gasteiger partial charge in [0.1, 0.15) is 24.4 Å². The molecule has 0 radical (unpaired) electrons. The third-order valence-electron chi connectivity index (χ3n) is 5.29. The molecule has 0 amide bonds. The van der Waals surface area contributed by atoms with Crippen molar-refractivity contribution in [3.63, 3.8) is 0 Å². The number of aliphatic hydroxyl groups excluding tert-OH is 3. The zero-order chi connectivity index (χ0) is 20.3. The highest BCUT2D eigenvalue weighted by atomic mass is 16.9. The van der Waals surface area contributed by atoms with Crippen molar-refractivity contribution in [1.29, 1.82) is 0 Å². The molecule has 4 rings (SSSR count). The Kier molecular flexibility index (Phi) is 7.03. The first kappa shape index (κ1) is 21.8. The Morgan fingerprint density at radius 1 is 0.655 bits per heavy atom. The fourth-order valence-corrected chi connectivity index (χ4v) is 2.89. The van der Waals surface area contributed by atoms with Crippen LogP contribution in [0.15, 0.2) is 0 Å². The SMILES string of the molecule is OCC(CO)(CO)C(OCC1CO1)C(OCC1CO1)(OCC1CO1)OCC1CO1. The van der Waals surface area contributed by atoms with Crippen LogP contribution in [-0.2, 0) is 37.9 Å². The van der Waals surface area contributed by atoms with Crippen molar-refractivity contribution < 1.29 is 53.2 Å². The summed E-state index contributed by atoms with van der Waals surface area (Å²) in [6, 6.07) is 0. The molecule has 0 aromatic carbocycles. The summed E-state index contributed by atoms with van der Waals surface area (Å²) in [6.07, 6.45) is -1.56. The van der Waals surface area contributed by atoms with Crippen LogP contribution in [0.3, 0.4) is 0 Å². The predicted molar refractivity (Wildman–Crippen MR) is 93.0 cm³/mol. The molecule has 0 bridgehead atoms. The highest BCUT2D eigenvalue weighted by molar-refractivity contribution is 4.94. The van der Waals surface area contributed by atoms with Crippen LogP contribution in [0.4, 0.5) is 0 Å². The highest BCUT2D eigenvalue weighted by Crippen LogP contribution is 2.38. The van der Waals surface area contributed by atoms with Gasteiger partial charge in [0.2, 0.25) is 0 Å². The van der Waals surface area contributed by atoms with Gasteiger partial charge in [0.15, 0.2) is 6.10 Å². The molecule has 29 heavy (non-hydrogen) atoms. The van der Waals surface area contributed by atoms with E-state index < -0.39 is 37.3 Å². The lowest BCUT2D eigenvalue weighted by Crippen LogP contribution is -2.63. The fraction of sp³-hybridized carbons (Fsp3) is 1.00. The molecule has 0 aliphatic carbocycles. The Labute approximate surface area is 168 Å². The Hall–Kier alpha value is -0.440. The summed E-state index contributed by atoms with van der Waals surface area (Å²) in [7, 11) is 0. The second kappa shape index (κ2) is 9.37. The molecule has 4 saturated heterocycles. The van der Waals surface area contributed by atoms with Crippen LogP contribution in [0, 0.1) is 5.41 Å². The molecule has 0 saturated carbocycles. The predicted octanol–water partition coefficient (Wildman–Crippen LogP) is -2.37. The van der Waals surface area contributed by atoms with Crippen LogP contribution < -0.4 is 0 Å². The van der Waals surface area contributed by atoms with Crippen LogP contribution >= 0.6 is 0 Å². The molecular weight excluding hydrogens is 392 g/mol. The molecule has 4 aliphatic heterocycles. The van der Waals surface area contributed by atoms with Crippen LogP contribution in [0.1, 0.15) is 0 Å². The summed E-state index contributed by atoms with van der Waals surface area (Å²) in [5.41, 5.74) is -1.49. The molecule has 4 heterocycles. The zero-order valence-electron chi connectivity index (χ0n) is 16.3. The summed E-state index contributed by atoms with van der Waals surface area (Å²) in [5, 5.41) is 30.3. The van der Waals surface area contributed by atoms with Gasteiger partial charge in [-0.15, -0.1) is 0 Å². The maximum absolute atomic E-state index is 10.1. The van der Waals surface area contributed by atoms with Crippen molar-refractivity contribution in [2.24, 2.45) is 5.41 Å². The molecule has 3 N–H and O–H groups in total. The standard InChI is InChI=1S/C18H30O11/c19-9-17(10-20,11-21)16(26-5-12-1-22-12)18(27-6-13-2-23-13,28-7-14-3-24-14)29-8-15-4-25-15/h12-16,19-21H,1-11H2. The van der Waals surface area contributed by atoms with Gasteiger partial charge in [0, 0.05) is 0 Å². The third kappa shape index (κ3) is 5.83. The third-order valence-corrected chi connectivity index (χ3v) is 5.29. The zero-order valence-corrected chi connectivity index (χ0v) is 16.3. The summed E-state index contributed by atoms with van der Waals surface area (Å²) < 4.78 is 45.1. The number of hydrogen-bond donors (Lipinski definition) is 3. The summed E-state index contributed by atoms with van der Waals surface area (Å²) >= 11 is 0. The van der Waals surface area contributed by atoms with Crippen LogP contribution in [0.2, 0.25) is 0 Å². The van der Waals surface area contributed by atoms with Crippen LogP contribution in [0.25, 0.3) is 0 Å². The quantitative estimate of drug-likeness (QED) is 0.171. The van der Waals surface area contributed by atoms with E-state index in [0.717, 1.165) is 0 Å². The summed E-state index contributed by atoms with van der Waals surface area (Å²) in [4.78, 5) is 0. The van der Waals surface area contributed by atoms with Gasteiger partial charge in [-0.2, -0.15) is 0 Å². The molecule has 0 aromatic rings. The number of ether oxygens (including phenoxy) is 8. The summed E-state index contributed by atoms with van der Waals surface area (Å²) in [5.74, 6) is -1.81. The minimum atomic E-state index is -1.81. The fourth-order valence-electron chi connectivity index (χ4n) is 2.89. The van der Waals surface area contributed by atoms with Crippen molar-refractivity contribution in [3.05, 3.63) is 0 Å².